The molecule has 0 aliphatic heterocycles. The maximum Gasteiger partial charge on any atom is 0.293 e. The molecule has 1 N–H and O–H groups in total. The Morgan fingerprint density at radius 1 is 1.16 bits per heavy atom. The van der Waals surface area contributed by atoms with Crippen molar-refractivity contribution in [2.75, 3.05) is 5.32 Å². The van der Waals surface area contributed by atoms with Crippen molar-refractivity contribution < 1.29 is 14.2 Å². The number of nitrogens with one attached hydrogen (secondary N) is 1. The van der Waals surface area contributed by atoms with Gasteiger partial charge >= 0.3 is 0 Å². The van der Waals surface area contributed by atoms with E-state index >= 15 is 0 Å². The van der Waals surface area contributed by atoms with E-state index in [1.54, 1.807) is 31.2 Å². The molecule has 0 radical (unpaired) electrons. The molecular weight excluding hydrogens is 408 g/mol. The first-order valence-electron chi connectivity index (χ1n) is 9.59. The van der Waals surface area contributed by atoms with Gasteiger partial charge in [-0.05, 0) is 42.3 Å². The molecule has 4 rings (SSSR count). The highest BCUT2D eigenvalue weighted by Crippen LogP contribution is 2.30. The third-order valence-corrected chi connectivity index (χ3v) is 4.81. The Hall–Kier alpha value is -4.77. The fourth-order valence-electron chi connectivity index (χ4n) is 3.25. The maximum atomic E-state index is 12.7. The predicted octanol–water partition coefficient (Wildman–Crippen LogP) is 5.26. The van der Waals surface area contributed by atoms with Crippen LogP contribution in [0.4, 0.5) is 11.4 Å². The number of nitro benzene ring substituents is 1. The topological polar surface area (TPSA) is 122 Å². The Kier molecular flexibility index (Phi) is 5.47. The van der Waals surface area contributed by atoms with Crippen LogP contribution in [0.3, 0.4) is 0 Å². The van der Waals surface area contributed by atoms with Gasteiger partial charge in [-0.2, -0.15) is 5.26 Å². The first-order chi connectivity index (χ1) is 15.5. The van der Waals surface area contributed by atoms with Crippen LogP contribution in [0.15, 0.2) is 76.8 Å². The van der Waals surface area contributed by atoms with Crippen molar-refractivity contribution in [3.05, 3.63) is 93.5 Å². The smallest absolute Gasteiger partial charge is 0.293 e. The number of hydrogen-bond donors (Lipinski definition) is 1. The highest BCUT2D eigenvalue weighted by atomic mass is 16.6. The van der Waals surface area contributed by atoms with E-state index in [0.29, 0.717) is 22.4 Å². The number of aryl methyl sites for hydroxylation is 1. The van der Waals surface area contributed by atoms with Crippen molar-refractivity contribution >= 4 is 34.3 Å². The molecule has 0 bridgehead atoms. The van der Waals surface area contributed by atoms with E-state index in [1.807, 2.05) is 36.4 Å². The molecule has 4 aromatic rings. The van der Waals surface area contributed by atoms with E-state index in [2.05, 4.69) is 10.5 Å². The summed E-state index contributed by atoms with van der Waals surface area (Å²) in [4.78, 5) is 23.4. The van der Waals surface area contributed by atoms with Gasteiger partial charge in [0.1, 0.15) is 22.8 Å². The van der Waals surface area contributed by atoms with Crippen LogP contribution >= 0.6 is 0 Å². The Morgan fingerprint density at radius 2 is 1.94 bits per heavy atom. The molecule has 0 atom stereocenters. The zero-order valence-corrected chi connectivity index (χ0v) is 16.9. The van der Waals surface area contributed by atoms with Crippen LogP contribution in [0.1, 0.15) is 11.1 Å². The normalized spacial score (nSPS) is 11.2. The summed E-state index contributed by atoms with van der Waals surface area (Å²) in [6.45, 7) is 1.71. The maximum absolute atomic E-state index is 12.7. The molecule has 1 amide bonds. The fraction of sp³-hybridized carbons (Fsp3) is 0.0417. The van der Waals surface area contributed by atoms with E-state index in [1.165, 1.54) is 18.2 Å². The molecular formula is C24H16N4O4. The Bertz CT molecular complexity index is 1420. The third-order valence-electron chi connectivity index (χ3n) is 4.81. The number of nitrogens with zero attached hydrogens (tertiary/aromatic N) is 3. The van der Waals surface area contributed by atoms with E-state index in [0.717, 1.165) is 10.9 Å². The fourth-order valence-corrected chi connectivity index (χ4v) is 3.25. The molecule has 0 saturated carbocycles. The SMILES string of the molecule is Cc1ccc(NC(=O)/C(C#N)=C/c2ccc3noc(-c4ccccc4)c3c2)c([N+](=O)[O-])c1. The van der Waals surface area contributed by atoms with Crippen LogP contribution in [-0.2, 0) is 4.79 Å². The van der Waals surface area contributed by atoms with E-state index in [-0.39, 0.29) is 16.9 Å². The molecule has 8 heteroatoms. The second-order valence-electron chi connectivity index (χ2n) is 7.06. The van der Waals surface area contributed by atoms with Gasteiger partial charge in [0.2, 0.25) is 0 Å². The van der Waals surface area contributed by atoms with Gasteiger partial charge in [0, 0.05) is 11.6 Å². The average molecular weight is 424 g/mol. The highest BCUT2D eigenvalue weighted by molar-refractivity contribution is 6.10. The molecule has 0 saturated heterocycles. The van der Waals surface area contributed by atoms with Gasteiger partial charge in [-0.15, -0.1) is 0 Å². The number of hydrogen-bond acceptors (Lipinski definition) is 6. The molecule has 0 unspecified atom stereocenters. The number of fused-ring (bicyclic) bond motifs is 1. The summed E-state index contributed by atoms with van der Waals surface area (Å²) in [6, 6.07) is 21.0. The van der Waals surface area contributed by atoms with Crippen LogP contribution in [0.25, 0.3) is 28.3 Å². The van der Waals surface area contributed by atoms with Gasteiger partial charge in [-0.3, -0.25) is 14.9 Å². The highest BCUT2D eigenvalue weighted by Gasteiger charge is 2.18. The average Bonchev–Trinajstić information content (AvgIpc) is 3.22. The van der Waals surface area contributed by atoms with Crippen molar-refractivity contribution in [2.45, 2.75) is 6.92 Å². The minimum atomic E-state index is -0.742. The zero-order valence-electron chi connectivity index (χ0n) is 16.9. The summed E-state index contributed by atoms with van der Waals surface area (Å²) < 4.78 is 5.48. The summed E-state index contributed by atoms with van der Waals surface area (Å²) in [5, 5.41) is 28.1. The number of carbonyl (C=O) groups excluding carboxylic acids is 1. The van der Waals surface area contributed by atoms with Gasteiger partial charge in [0.15, 0.2) is 5.76 Å². The number of nitriles is 1. The molecule has 0 aliphatic carbocycles. The molecule has 3 aromatic carbocycles. The molecule has 156 valence electrons. The lowest BCUT2D eigenvalue weighted by atomic mass is 10.0. The zero-order chi connectivity index (χ0) is 22.7. The number of rotatable bonds is 5. The van der Waals surface area contributed by atoms with Crippen LogP contribution in [-0.4, -0.2) is 16.0 Å². The number of benzene rings is 3. The Balaban J connectivity index is 1.67. The van der Waals surface area contributed by atoms with Crippen molar-refractivity contribution in [2.24, 2.45) is 0 Å². The molecule has 0 aliphatic rings. The lowest BCUT2D eigenvalue weighted by Crippen LogP contribution is -2.14. The first kappa shape index (κ1) is 20.5. The number of amides is 1. The van der Waals surface area contributed by atoms with Gasteiger partial charge in [0.25, 0.3) is 11.6 Å². The van der Waals surface area contributed by atoms with Gasteiger partial charge in [-0.1, -0.05) is 47.6 Å². The number of carbonyl (C=O) groups is 1. The van der Waals surface area contributed by atoms with Crippen LogP contribution in [0, 0.1) is 28.4 Å². The quantitative estimate of drug-likeness (QED) is 0.202. The summed E-state index contributed by atoms with van der Waals surface area (Å²) in [5.41, 5.74) is 2.34. The lowest BCUT2D eigenvalue weighted by molar-refractivity contribution is -0.384. The van der Waals surface area contributed by atoms with Crippen LogP contribution in [0.5, 0.6) is 0 Å². The summed E-state index contributed by atoms with van der Waals surface area (Å²) in [7, 11) is 0. The molecule has 0 fully saturated rings. The second kappa shape index (κ2) is 8.53. The predicted molar refractivity (Wildman–Crippen MR) is 119 cm³/mol. The summed E-state index contributed by atoms with van der Waals surface area (Å²) in [6.07, 6.45) is 1.41. The van der Waals surface area contributed by atoms with Gasteiger partial charge in [-0.25, -0.2) is 0 Å². The van der Waals surface area contributed by atoms with Crippen molar-refractivity contribution in [3.63, 3.8) is 0 Å². The minimum Gasteiger partial charge on any atom is -0.355 e. The largest absolute Gasteiger partial charge is 0.355 e. The molecule has 1 aromatic heterocycles. The van der Waals surface area contributed by atoms with E-state index < -0.39 is 10.8 Å². The molecule has 8 nitrogen and oxygen atoms in total. The van der Waals surface area contributed by atoms with Crippen LogP contribution in [0.2, 0.25) is 0 Å². The first-order valence-corrected chi connectivity index (χ1v) is 9.59. The van der Waals surface area contributed by atoms with Crippen molar-refractivity contribution in [1.29, 1.82) is 5.26 Å². The van der Waals surface area contributed by atoms with Gasteiger partial charge in [0.05, 0.1) is 10.3 Å². The lowest BCUT2D eigenvalue weighted by Gasteiger charge is -2.06. The summed E-state index contributed by atoms with van der Waals surface area (Å²) >= 11 is 0. The monoisotopic (exact) mass is 424 g/mol. The number of anilines is 1. The van der Waals surface area contributed by atoms with Crippen molar-refractivity contribution in [1.82, 2.24) is 5.16 Å². The Morgan fingerprint density at radius 3 is 2.66 bits per heavy atom. The van der Waals surface area contributed by atoms with Crippen molar-refractivity contribution in [3.8, 4) is 17.4 Å². The van der Waals surface area contributed by atoms with Crippen LogP contribution < -0.4 is 5.32 Å². The molecule has 32 heavy (non-hydrogen) atoms. The third kappa shape index (κ3) is 4.08. The number of nitro groups is 1. The molecule has 0 spiro atoms. The summed E-state index contributed by atoms with van der Waals surface area (Å²) in [5.74, 6) is -0.165. The molecule has 1 heterocycles. The second-order valence-corrected chi connectivity index (χ2v) is 7.06. The van der Waals surface area contributed by atoms with E-state index in [9.17, 15) is 20.2 Å². The minimum absolute atomic E-state index is 0.0209. The van der Waals surface area contributed by atoms with Gasteiger partial charge < -0.3 is 9.84 Å². The number of aromatic nitrogens is 1. The Labute approximate surface area is 182 Å². The standard InChI is InChI=1S/C24H16N4O4/c1-15-7-9-21(22(11-15)28(30)31)26-24(29)18(14-25)12-16-8-10-20-19(13-16)23(32-27-20)17-5-3-2-4-6-17/h2-13H,1H3,(H,26,29)/b18-12+. The van der Waals surface area contributed by atoms with E-state index in [4.69, 9.17) is 4.52 Å².